The van der Waals surface area contributed by atoms with E-state index in [0.29, 0.717) is 53.9 Å². The highest BCUT2D eigenvalue weighted by Crippen LogP contribution is 2.41. The van der Waals surface area contributed by atoms with Crippen LogP contribution in [0.25, 0.3) is 10.9 Å². The van der Waals surface area contributed by atoms with Gasteiger partial charge in [0.15, 0.2) is 11.4 Å². The topological polar surface area (TPSA) is 146 Å². The number of carbonyl (C=O) groups is 1. The number of fused-ring (bicyclic) bond motifs is 1. The lowest BCUT2D eigenvalue weighted by atomic mass is 9.77. The van der Waals surface area contributed by atoms with Gasteiger partial charge in [-0.15, -0.1) is 0 Å². The second kappa shape index (κ2) is 7.28. The van der Waals surface area contributed by atoms with Crippen molar-refractivity contribution in [1.82, 2.24) is 25.1 Å². The minimum Gasteiger partial charge on any atom is -0.479 e. The molecule has 0 amide bonds. The molecule has 3 aromatic rings. The van der Waals surface area contributed by atoms with E-state index in [9.17, 15) is 14.7 Å². The molecule has 3 heterocycles. The average Bonchev–Trinajstić information content (AvgIpc) is 3.12. The van der Waals surface area contributed by atoms with Gasteiger partial charge in [0.25, 0.3) is 5.56 Å². The third-order valence-corrected chi connectivity index (χ3v) is 5.58. The molecule has 1 aliphatic rings. The van der Waals surface area contributed by atoms with Gasteiger partial charge in [-0.2, -0.15) is 5.10 Å². The minimum atomic E-state index is -1.17. The van der Waals surface area contributed by atoms with Crippen molar-refractivity contribution in [3.63, 3.8) is 0 Å². The van der Waals surface area contributed by atoms with Crippen molar-refractivity contribution in [2.45, 2.75) is 44.1 Å². The van der Waals surface area contributed by atoms with Gasteiger partial charge in [-0.25, -0.2) is 14.8 Å². The Bertz CT molecular complexity index is 1110. The maximum absolute atomic E-state index is 12.4. The first-order valence-electron chi connectivity index (χ1n) is 9.38. The Hall–Kier alpha value is -3.27. The van der Waals surface area contributed by atoms with Crippen LogP contribution < -0.4 is 10.9 Å². The Morgan fingerprint density at radius 2 is 2.07 bits per heavy atom. The molecule has 0 aromatic carbocycles. The molecule has 0 saturated heterocycles. The lowest BCUT2D eigenvalue weighted by Gasteiger charge is -2.35. The molecule has 1 fully saturated rings. The monoisotopic (exact) mass is 398 g/mol. The van der Waals surface area contributed by atoms with Crippen LogP contribution in [0.5, 0.6) is 0 Å². The molecule has 10 nitrogen and oxygen atoms in total. The molecule has 4 N–H and O–H groups in total. The minimum absolute atomic E-state index is 0.0305. The number of ether oxygens (including phenoxy) is 1. The number of carboxylic acids is 1. The summed E-state index contributed by atoms with van der Waals surface area (Å²) < 4.78 is 5.32. The van der Waals surface area contributed by atoms with Crippen LogP contribution in [0.3, 0.4) is 0 Å². The smallest absolute Gasteiger partial charge is 0.335 e. The van der Waals surface area contributed by atoms with Crippen LogP contribution in [0, 0.1) is 6.92 Å². The van der Waals surface area contributed by atoms with Crippen molar-refractivity contribution in [1.29, 1.82) is 0 Å². The molecule has 0 atom stereocenters. The van der Waals surface area contributed by atoms with Crippen molar-refractivity contribution in [3.05, 3.63) is 40.2 Å². The Morgan fingerprint density at radius 1 is 1.31 bits per heavy atom. The molecule has 3 aromatic heterocycles. The standard InChI is InChI=1S/C19H22N6O4/c1-10-7-14(25-24-10)22-13-8-12-16(20-9-21-17(12)26)15(23-13)11-3-5-19(29-2,6-4-11)18(27)28/h7-9,11H,3-6H2,1-2H3,(H,27,28)(H,20,21,26)(H2,22,23,24,25). The Kier molecular flexibility index (Phi) is 4.79. The number of aromatic amines is 2. The number of nitrogens with one attached hydrogen (secondary N) is 3. The number of aryl methyl sites for hydroxylation is 1. The molecular formula is C19H22N6O4. The fraction of sp³-hybridized carbons (Fsp3) is 0.421. The first-order chi connectivity index (χ1) is 13.9. The first-order valence-corrected chi connectivity index (χ1v) is 9.38. The zero-order chi connectivity index (χ0) is 20.6. The van der Waals surface area contributed by atoms with E-state index < -0.39 is 11.6 Å². The number of carboxylic acid groups (broad SMARTS) is 1. The van der Waals surface area contributed by atoms with Gasteiger partial charge < -0.3 is 20.1 Å². The molecule has 0 bridgehead atoms. The van der Waals surface area contributed by atoms with Crippen LogP contribution in [0.15, 0.2) is 23.3 Å². The molecular weight excluding hydrogens is 376 g/mol. The van der Waals surface area contributed by atoms with Gasteiger partial charge >= 0.3 is 5.97 Å². The Balaban J connectivity index is 1.72. The molecule has 1 aliphatic carbocycles. The van der Waals surface area contributed by atoms with Crippen molar-refractivity contribution >= 4 is 28.5 Å². The zero-order valence-corrected chi connectivity index (χ0v) is 16.2. The van der Waals surface area contributed by atoms with E-state index in [1.807, 2.05) is 13.0 Å². The van der Waals surface area contributed by atoms with Gasteiger partial charge in [-0.05, 0) is 38.7 Å². The highest BCUT2D eigenvalue weighted by Gasteiger charge is 2.43. The predicted molar refractivity (Wildman–Crippen MR) is 105 cm³/mol. The fourth-order valence-electron chi connectivity index (χ4n) is 3.92. The number of pyridine rings is 1. The normalized spacial score (nSPS) is 21.9. The number of H-pyrrole nitrogens is 2. The van der Waals surface area contributed by atoms with Crippen LogP contribution in [-0.2, 0) is 9.53 Å². The van der Waals surface area contributed by atoms with E-state index in [1.165, 1.54) is 13.4 Å². The third-order valence-electron chi connectivity index (χ3n) is 5.58. The summed E-state index contributed by atoms with van der Waals surface area (Å²) in [7, 11) is 1.43. The number of rotatable bonds is 5. The maximum atomic E-state index is 12.4. The van der Waals surface area contributed by atoms with E-state index >= 15 is 0 Å². The zero-order valence-electron chi connectivity index (χ0n) is 16.2. The summed E-state index contributed by atoms with van der Waals surface area (Å²) in [5, 5.41) is 20.1. The van der Waals surface area contributed by atoms with E-state index in [0.717, 1.165) is 5.69 Å². The van der Waals surface area contributed by atoms with Gasteiger partial charge in [-0.3, -0.25) is 9.89 Å². The number of aromatic nitrogens is 5. The highest BCUT2D eigenvalue weighted by molar-refractivity contribution is 5.83. The largest absolute Gasteiger partial charge is 0.479 e. The molecule has 152 valence electrons. The Morgan fingerprint density at radius 3 is 2.69 bits per heavy atom. The third kappa shape index (κ3) is 3.46. The van der Waals surface area contributed by atoms with Gasteiger partial charge in [0, 0.05) is 24.8 Å². The summed E-state index contributed by atoms with van der Waals surface area (Å²) in [5.41, 5.74) is 0.679. The van der Waals surface area contributed by atoms with Crippen molar-refractivity contribution in [2.24, 2.45) is 0 Å². The molecule has 4 rings (SSSR count). The van der Waals surface area contributed by atoms with Crippen LogP contribution in [0.4, 0.5) is 11.6 Å². The predicted octanol–water partition coefficient (Wildman–Crippen LogP) is 2.22. The van der Waals surface area contributed by atoms with Gasteiger partial charge in [-0.1, -0.05) is 0 Å². The molecule has 0 aliphatic heterocycles. The first kappa shape index (κ1) is 19.1. The van der Waals surface area contributed by atoms with Crippen molar-refractivity contribution in [2.75, 3.05) is 12.4 Å². The van der Waals surface area contributed by atoms with E-state index in [2.05, 4.69) is 25.5 Å². The molecule has 10 heteroatoms. The number of aliphatic carboxylic acids is 1. The van der Waals surface area contributed by atoms with Gasteiger partial charge in [0.05, 0.1) is 22.9 Å². The van der Waals surface area contributed by atoms with E-state index in [4.69, 9.17) is 9.72 Å². The molecule has 29 heavy (non-hydrogen) atoms. The second-order valence-electron chi connectivity index (χ2n) is 7.36. The van der Waals surface area contributed by atoms with Gasteiger partial charge in [0.2, 0.25) is 0 Å². The van der Waals surface area contributed by atoms with E-state index in [1.54, 1.807) is 6.07 Å². The molecule has 0 radical (unpaired) electrons. The maximum Gasteiger partial charge on any atom is 0.335 e. The summed E-state index contributed by atoms with van der Waals surface area (Å²) in [4.78, 5) is 35.7. The summed E-state index contributed by atoms with van der Waals surface area (Å²) in [6.07, 6.45) is 3.24. The van der Waals surface area contributed by atoms with Crippen molar-refractivity contribution < 1.29 is 14.6 Å². The molecule has 1 saturated carbocycles. The highest BCUT2D eigenvalue weighted by atomic mass is 16.5. The van der Waals surface area contributed by atoms with Crippen LogP contribution in [0.1, 0.15) is 43.0 Å². The number of hydrogen-bond donors (Lipinski definition) is 4. The lowest BCUT2D eigenvalue weighted by Crippen LogP contribution is -2.43. The second-order valence-corrected chi connectivity index (χ2v) is 7.36. The summed E-state index contributed by atoms with van der Waals surface area (Å²) >= 11 is 0. The number of anilines is 2. The van der Waals surface area contributed by atoms with E-state index in [-0.39, 0.29) is 11.5 Å². The molecule has 0 unspecified atom stereocenters. The summed E-state index contributed by atoms with van der Waals surface area (Å²) in [5.74, 6) is 0.0973. The number of methoxy groups -OCH3 is 1. The lowest BCUT2D eigenvalue weighted by molar-refractivity contribution is -0.166. The fourth-order valence-corrected chi connectivity index (χ4v) is 3.92. The summed E-state index contributed by atoms with van der Waals surface area (Å²) in [6.45, 7) is 1.89. The van der Waals surface area contributed by atoms with Crippen LogP contribution in [0.2, 0.25) is 0 Å². The SMILES string of the molecule is COC1(C(=O)O)CCC(c2nc(Nc3cc(C)[nH]n3)cc3c(=O)[nH]cnc23)CC1. The van der Waals surface area contributed by atoms with Gasteiger partial charge in [0.1, 0.15) is 5.82 Å². The Labute approximate surface area is 165 Å². The average molecular weight is 398 g/mol. The van der Waals surface area contributed by atoms with Crippen LogP contribution >= 0.6 is 0 Å². The van der Waals surface area contributed by atoms with Crippen molar-refractivity contribution in [3.8, 4) is 0 Å². The summed E-state index contributed by atoms with van der Waals surface area (Å²) in [6, 6.07) is 3.48. The molecule has 0 spiro atoms. The number of nitrogens with zero attached hydrogens (tertiary/aromatic N) is 3. The number of hydrogen-bond acceptors (Lipinski definition) is 7. The quantitative estimate of drug-likeness (QED) is 0.512. The van der Waals surface area contributed by atoms with Crippen LogP contribution in [-0.4, -0.2) is 48.9 Å².